The van der Waals surface area contributed by atoms with Crippen LogP contribution in [0, 0.1) is 0 Å². The number of nitrogens with zero attached hydrogens (tertiary/aromatic N) is 1. The van der Waals surface area contributed by atoms with Gasteiger partial charge in [0.05, 0.1) is 5.56 Å². The molecule has 0 aromatic carbocycles. The first-order chi connectivity index (χ1) is 9.02. The fraction of sp³-hybridized carbons (Fsp3) is 0.615. The SMILES string of the molecule is CCSC1CCCC1Nc1ncccc1C(F)(F)F. The maximum Gasteiger partial charge on any atom is 0.419 e. The summed E-state index contributed by atoms with van der Waals surface area (Å²) in [5, 5.41) is 3.38. The molecular weight excluding hydrogens is 273 g/mol. The molecule has 6 heteroatoms. The molecule has 1 fully saturated rings. The van der Waals surface area contributed by atoms with Crippen LogP contribution in [0.1, 0.15) is 31.7 Å². The second-order valence-electron chi connectivity index (χ2n) is 4.57. The number of thioether (sulfide) groups is 1. The predicted molar refractivity (Wildman–Crippen MR) is 72.4 cm³/mol. The van der Waals surface area contributed by atoms with E-state index in [1.807, 2.05) is 11.8 Å². The number of alkyl halides is 3. The number of hydrogen-bond donors (Lipinski definition) is 1. The molecule has 19 heavy (non-hydrogen) atoms. The third-order valence-corrected chi connectivity index (χ3v) is 4.59. The van der Waals surface area contributed by atoms with Gasteiger partial charge in [-0.15, -0.1) is 0 Å². The molecular formula is C13H17F3N2S. The zero-order chi connectivity index (χ0) is 13.9. The topological polar surface area (TPSA) is 24.9 Å². The zero-order valence-electron chi connectivity index (χ0n) is 10.7. The summed E-state index contributed by atoms with van der Waals surface area (Å²) in [6, 6.07) is 2.48. The van der Waals surface area contributed by atoms with Gasteiger partial charge in [0.25, 0.3) is 0 Å². The van der Waals surface area contributed by atoms with Crippen molar-refractivity contribution < 1.29 is 13.2 Å². The van der Waals surface area contributed by atoms with E-state index < -0.39 is 11.7 Å². The minimum atomic E-state index is -4.36. The predicted octanol–water partition coefficient (Wildman–Crippen LogP) is 4.19. The summed E-state index contributed by atoms with van der Waals surface area (Å²) in [4.78, 5) is 3.86. The van der Waals surface area contributed by atoms with Gasteiger partial charge in [-0.3, -0.25) is 0 Å². The second-order valence-corrected chi connectivity index (χ2v) is 6.09. The molecule has 1 aromatic heterocycles. The lowest BCUT2D eigenvalue weighted by atomic mass is 10.2. The monoisotopic (exact) mass is 290 g/mol. The van der Waals surface area contributed by atoms with Crippen molar-refractivity contribution in [1.29, 1.82) is 0 Å². The van der Waals surface area contributed by atoms with Crippen LogP contribution in [0.15, 0.2) is 18.3 Å². The molecule has 0 bridgehead atoms. The van der Waals surface area contributed by atoms with Gasteiger partial charge < -0.3 is 5.32 Å². The molecule has 2 rings (SSSR count). The summed E-state index contributed by atoms with van der Waals surface area (Å²) in [6.45, 7) is 2.07. The van der Waals surface area contributed by atoms with Gasteiger partial charge in [-0.2, -0.15) is 24.9 Å². The lowest BCUT2D eigenvalue weighted by Crippen LogP contribution is -2.28. The highest BCUT2D eigenvalue weighted by Crippen LogP contribution is 2.36. The molecule has 0 radical (unpaired) electrons. The van der Waals surface area contributed by atoms with Crippen LogP contribution in [0.3, 0.4) is 0 Å². The Labute approximate surface area is 115 Å². The van der Waals surface area contributed by atoms with Gasteiger partial charge in [0.1, 0.15) is 5.82 Å². The van der Waals surface area contributed by atoms with E-state index in [1.165, 1.54) is 12.3 Å². The molecule has 2 atom stereocenters. The number of pyridine rings is 1. The minimum absolute atomic E-state index is 0.0383. The minimum Gasteiger partial charge on any atom is -0.366 e. The Balaban J connectivity index is 2.15. The summed E-state index contributed by atoms with van der Waals surface area (Å²) >= 11 is 1.81. The van der Waals surface area contributed by atoms with Crippen LogP contribution in [-0.2, 0) is 6.18 Å². The first-order valence-electron chi connectivity index (χ1n) is 6.42. The van der Waals surface area contributed by atoms with E-state index in [-0.39, 0.29) is 11.9 Å². The fourth-order valence-corrected chi connectivity index (χ4v) is 3.63. The third kappa shape index (κ3) is 3.55. The summed E-state index contributed by atoms with van der Waals surface area (Å²) < 4.78 is 38.6. The van der Waals surface area contributed by atoms with Crippen molar-refractivity contribution in [2.75, 3.05) is 11.1 Å². The van der Waals surface area contributed by atoms with Gasteiger partial charge in [0, 0.05) is 17.5 Å². The number of rotatable bonds is 4. The van der Waals surface area contributed by atoms with E-state index in [0.29, 0.717) is 5.25 Å². The van der Waals surface area contributed by atoms with Gasteiger partial charge in [-0.05, 0) is 30.7 Å². The molecule has 1 heterocycles. The Bertz CT molecular complexity index is 423. The molecule has 1 N–H and O–H groups in total. The number of aromatic nitrogens is 1. The quantitative estimate of drug-likeness (QED) is 0.900. The fourth-order valence-electron chi connectivity index (χ4n) is 2.43. The van der Waals surface area contributed by atoms with Crippen molar-refractivity contribution >= 4 is 17.6 Å². The summed E-state index contributed by atoms with van der Waals surface area (Å²) in [5.74, 6) is 0.945. The maximum atomic E-state index is 12.9. The Hall–Kier alpha value is -0.910. The normalized spacial score (nSPS) is 23.6. The Morgan fingerprint density at radius 2 is 2.21 bits per heavy atom. The molecule has 106 valence electrons. The van der Waals surface area contributed by atoms with Crippen molar-refractivity contribution in [2.24, 2.45) is 0 Å². The molecule has 2 unspecified atom stereocenters. The van der Waals surface area contributed by atoms with E-state index in [2.05, 4.69) is 17.2 Å². The van der Waals surface area contributed by atoms with Crippen LogP contribution < -0.4 is 5.32 Å². The third-order valence-electron chi connectivity index (χ3n) is 3.27. The van der Waals surface area contributed by atoms with Gasteiger partial charge in [0.15, 0.2) is 0 Å². The molecule has 1 saturated carbocycles. The highest BCUT2D eigenvalue weighted by molar-refractivity contribution is 7.99. The van der Waals surface area contributed by atoms with Crippen LogP contribution >= 0.6 is 11.8 Å². The van der Waals surface area contributed by atoms with Crippen LogP contribution in [0.25, 0.3) is 0 Å². The second kappa shape index (κ2) is 6.03. The lowest BCUT2D eigenvalue weighted by Gasteiger charge is -2.22. The number of nitrogens with one attached hydrogen (secondary N) is 1. The van der Waals surface area contributed by atoms with Crippen LogP contribution in [0.2, 0.25) is 0 Å². The summed E-state index contributed by atoms with van der Waals surface area (Å²) in [5.41, 5.74) is -0.679. The van der Waals surface area contributed by atoms with E-state index in [4.69, 9.17) is 0 Å². The highest BCUT2D eigenvalue weighted by Gasteiger charge is 2.36. The average molecular weight is 290 g/mol. The Morgan fingerprint density at radius 1 is 1.42 bits per heavy atom. The van der Waals surface area contributed by atoms with Gasteiger partial charge in [-0.25, -0.2) is 4.98 Å². The molecule has 1 aliphatic carbocycles. The molecule has 1 aromatic rings. The summed E-state index contributed by atoms with van der Waals surface area (Å²) in [7, 11) is 0. The van der Waals surface area contributed by atoms with Crippen molar-refractivity contribution in [3.8, 4) is 0 Å². The van der Waals surface area contributed by atoms with Crippen LogP contribution in [0.5, 0.6) is 0 Å². The molecule has 2 nitrogen and oxygen atoms in total. The van der Waals surface area contributed by atoms with Crippen molar-refractivity contribution in [1.82, 2.24) is 4.98 Å². The van der Waals surface area contributed by atoms with Crippen molar-refractivity contribution in [3.05, 3.63) is 23.9 Å². The van der Waals surface area contributed by atoms with Gasteiger partial charge >= 0.3 is 6.18 Å². The molecule has 0 saturated heterocycles. The highest BCUT2D eigenvalue weighted by atomic mass is 32.2. The number of anilines is 1. The van der Waals surface area contributed by atoms with E-state index >= 15 is 0 Å². The molecule has 0 amide bonds. The van der Waals surface area contributed by atoms with Crippen molar-refractivity contribution in [2.45, 2.75) is 43.7 Å². The Morgan fingerprint density at radius 3 is 2.89 bits per heavy atom. The van der Waals surface area contributed by atoms with E-state index in [0.717, 1.165) is 31.1 Å². The summed E-state index contributed by atoms with van der Waals surface area (Å²) in [6.07, 6.45) is 0.0660. The van der Waals surface area contributed by atoms with Gasteiger partial charge in [0.2, 0.25) is 0 Å². The average Bonchev–Trinajstić information content (AvgIpc) is 2.77. The number of halogens is 3. The number of hydrogen-bond acceptors (Lipinski definition) is 3. The molecule has 0 spiro atoms. The molecule has 1 aliphatic rings. The first kappa shape index (κ1) is 14.5. The first-order valence-corrected chi connectivity index (χ1v) is 7.47. The smallest absolute Gasteiger partial charge is 0.366 e. The van der Waals surface area contributed by atoms with Gasteiger partial charge in [-0.1, -0.05) is 13.3 Å². The van der Waals surface area contributed by atoms with E-state index in [1.54, 1.807) is 0 Å². The van der Waals surface area contributed by atoms with Crippen LogP contribution in [0.4, 0.5) is 19.0 Å². The maximum absolute atomic E-state index is 12.9. The zero-order valence-corrected chi connectivity index (χ0v) is 11.5. The Kier molecular flexibility index (Phi) is 4.60. The largest absolute Gasteiger partial charge is 0.419 e. The molecule has 0 aliphatic heterocycles. The standard InChI is InChI=1S/C13H17F3N2S/c1-2-19-11-7-3-6-10(11)18-12-9(13(14,15)16)5-4-8-17-12/h4-5,8,10-11H,2-3,6-7H2,1H3,(H,17,18). The van der Waals surface area contributed by atoms with Crippen molar-refractivity contribution in [3.63, 3.8) is 0 Å². The lowest BCUT2D eigenvalue weighted by molar-refractivity contribution is -0.137. The van der Waals surface area contributed by atoms with Crippen LogP contribution in [-0.4, -0.2) is 22.0 Å². The van der Waals surface area contributed by atoms with E-state index in [9.17, 15) is 13.2 Å².